The zero-order chi connectivity index (χ0) is 13.7. The summed E-state index contributed by atoms with van der Waals surface area (Å²) in [4.78, 5) is 19.2. The number of aromatic nitrogens is 1. The van der Waals surface area contributed by atoms with E-state index in [1.165, 1.54) is 0 Å². The fourth-order valence-corrected chi connectivity index (χ4v) is 2.20. The molecule has 2 aromatic rings. The molecule has 1 amide bonds. The number of pyridine rings is 1. The van der Waals surface area contributed by atoms with Crippen molar-refractivity contribution >= 4 is 17.7 Å². The molecule has 2 rings (SSSR count). The van der Waals surface area contributed by atoms with E-state index in [-0.39, 0.29) is 5.91 Å². The van der Waals surface area contributed by atoms with E-state index < -0.39 is 0 Å². The maximum absolute atomic E-state index is 12.2. The molecular weight excluding hydrogens is 256 g/mol. The Labute approximate surface area is 117 Å². The second-order valence-corrected chi connectivity index (χ2v) is 5.13. The van der Waals surface area contributed by atoms with E-state index in [1.807, 2.05) is 42.7 Å². The third-order valence-corrected chi connectivity index (χ3v) is 3.57. The van der Waals surface area contributed by atoms with Gasteiger partial charge in [0.1, 0.15) is 0 Å². The van der Waals surface area contributed by atoms with Crippen LogP contribution in [0.4, 0.5) is 0 Å². The minimum atomic E-state index is 0.0245. The zero-order valence-electron chi connectivity index (χ0n) is 11.0. The molecular formula is C15H16N2OS. The number of carbonyl (C=O) groups excluding carboxylic acids is 1. The van der Waals surface area contributed by atoms with Crippen molar-refractivity contribution in [2.75, 3.05) is 13.3 Å². The lowest BCUT2D eigenvalue weighted by molar-refractivity contribution is 0.0785. The highest BCUT2D eigenvalue weighted by Crippen LogP contribution is 2.16. The van der Waals surface area contributed by atoms with Crippen LogP contribution in [-0.2, 0) is 6.54 Å². The Morgan fingerprint density at radius 2 is 2.00 bits per heavy atom. The summed E-state index contributed by atoms with van der Waals surface area (Å²) in [5.41, 5.74) is 1.74. The Morgan fingerprint density at radius 3 is 2.58 bits per heavy atom. The Balaban J connectivity index is 2.06. The molecule has 0 unspecified atom stereocenters. The minimum absolute atomic E-state index is 0.0245. The van der Waals surface area contributed by atoms with Gasteiger partial charge in [0.05, 0.1) is 0 Å². The standard InChI is InChI=1S/C15H16N2OS/c1-17(11-12-4-3-9-16-10-12)15(18)13-5-7-14(19-2)8-6-13/h3-10H,11H2,1-2H3. The smallest absolute Gasteiger partial charge is 0.253 e. The lowest BCUT2D eigenvalue weighted by Gasteiger charge is -2.17. The van der Waals surface area contributed by atoms with Crippen molar-refractivity contribution < 1.29 is 4.79 Å². The normalized spacial score (nSPS) is 10.2. The first kappa shape index (κ1) is 13.6. The average molecular weight is 272 g/mol. The number of benzene rings is 1. The van der Waals surface area contributed by atoms with Crippen molar-refractivity contribution in [1.82, 2.24) is 9.88 Å². The van der Waals surface area contributed by atoms with E-state index in [0.717, 1.165) is 10.5 Å². The summed E-state index contributed by atoms with van der Waals surface area (Å²) < 4.78 is 0. The van der Waals surface area contributed by atoms with E-state index in [2.05, 4.69) is 4.98 Å². The molecule has 0 aliphatic heterocycles. The van der Waals surface area contributed by atoms with Gasteiger partial charge < -0.3 is 4.90 Å². The molecule has 0 fully saturated rings. The van der Waals surface area contributed by atoms with Gasteiger partial charge >= 0.3 is 0 Å². The first-order chi connectivity index (χ1) is 9.20. The van der Waals surface area contributed by atoms with Crippen molar-refractivity contribution in [2.24, 2.45) is 0 Å². The Bertz CT molecular complexity index is 540. The first-order valence-electron chi connectivity index (χ1n) is 5.99. The van der Waals surface area contributed by atoms with Crippen molar-refractivity contribution in [3.63, 3.8) is 0 Å². The van der Waals surface area contributed by atoms with Crippen LogP contribution in [0.2, 0.25) is 0 Å². The van der Waals surface area contributed by atoms with Crippen LogP contribution in [-0.4, -0.2) is 29.1 Å². The largest absolute Gasteiger partial charge is 0.337 e. The highest BCUT2D eigenvalue weighted by Gasteiger charge is 2.11. The molecule has 1 aromatic carbocycles. The third kappa shape index (κ3) is 3.58. The number of hydrogen-bond donors (Lipinski definition) is 0. The monoisotopic (exact) mass is 272 g/mol. The SMILES string of the molecule is CSc1ccc(C(=O)N(C)Cc2cccnc2)cc1. The summed E-state index contributed by atoms with van der Waals surface area (Å²) in [6.07, 6.45) is 5.53. The Morgan fingerprint density at radius 1 is 1.26 bits per heavy atom. The van der Waals surface area contributed by atoms with E-state index in [0.29, 0.717) is 12.1 Å². The second kappa shape index (κ2) is 6.38. The molecule has 19 heavy (non-hydrogen) atoms. The summed E-state index contributed by atoms with van der Waals surface area (Å²) in [5, 5.41) is 0. The number of hydrogen-bond acceptors (Lipinski definition) is 3. The van der Waals surface area contributed by atoms with Gasteiger partial charge in [-0.05, 0) is 42.2 Å². The molecule has 0 aliphatic rings. The topological polar surface area (TPSA) is 33.2 Å². The fraction of sp³-hybridized carbons (Fsp3) is 0.200. The fourth-order valence-electron chi connectivity index (χ4n) is 1.79. The zero-order valence-corrected chi connectivity index (χ0v) is 11.9. The molecule has 0 saturated heterocycles. The summed E-state index contributed by atoms with van der Waals surface area (Å²) >= 11 is 1.67. The molecule has 1 aromatic heterocycles. The maximum atomic E-state index is 12.2. The number of rotatable bonds is 4. The highest BCUT2D eigenvalue weighted by molar-refractivity contribution is 7.98. The molecule has 0 aliphatic carbocycles. The van der Waals surface area contributed by atoms with Gasteiger partial charge in [-0.3, -0.25) is 9.78 Å². The summed E-state index contributed by atoms with van der Waals surface area (Å²) in [7, 11) is 1.80. The van der Waals surface area contributed by atoms with Gasteiger partial charge in [-0.15, -0.1) is 11.8 Å². The van der Waals surface area contributed by atoms with E-state index in [4.69, 9.17) is 0 Å². The first-order valence-corrected chi connectivity index (χ1v) is 7.21. The van der Waals surface area contributed by atoms with Crippen LogP contribution >= 0.6 is 11.8 Å². The van der Waals surface area contributed by atoms with Gasteiger partial charge in [0.25, 0.3) is 5.91 Å². The van der Waals surface area contributed by atoms with E-state index >= 15 is 0 Å². The molecule has 4 heteroatoms. The van der Waals surface area contributed by atoms with Crippen LogP contribution in [0.1, 0.15) is 15.9 Å². The number of carbonyl (C=O) groups is 1. The number of amides is 1. The predicted octanol–water partition coefficient (Wildman–Crippen LogP) is 3.08. The molecule has 98 valence electrons. The van der Waals surface area contributed by atoms with Crippen LogP contribution in [0, 0.1) is 0 Å². The second-order valence-electron chi connectivity index (χ2n) is 4.25. The molecule has 0 spiro atoms. The van der Waals surface area contributed by atoms with Crippen molar-refractivity contribution in [3.8, 4) is 0 Å². The van der Waals surface area contributed by atoms with Crippen molar-refractivity contribution in [1.29, 1.82) is 0 Å². The van der Waals surface area contributed by atoms with Crippen LogP contribution in [0.25, 0.3) is 0 Å². The average Bonchev–Trinajstić information content (AvgIpc) is 2.47. The minimum Gasteiger partial charge on any atom is -0.337 e. The van der Waals surface area contributed by atoms with E-state index in [9.17, 15) is 4.79 Å². The molecule has 1 heterocycles. The Hall–Kier alpha value is -1.81. The van der Waals surface area contributed by atoms with Gasteiger partial charge in [0.2, 0.25) is 0 Å². The molecule has 0 atom stereocenters. The molecule has 0 saturated carbocycles. The third-order valence-electron chi connectivity index (χ3n) is 2.83. The molecule has 0 radical (unpaired) electrons. The van der Waals surface area contributed by atoms with Gasteiger partial charge in [-0.2, -0.15) is 0 Å². The summed E-state index contributed by atoms with van der Waals surface area (Å²) in [6, 6.07) is 11.5. The van der Waals surface area contributed by atoms with Crippen LogP contribution in [0.5, 0.6) is 0 Å². The van der Waals surface area contributed by atoms with Gasteiger partial charge in [0.15, 0.2) is 0 Å². The van der Waals surface area contributed by atoms with Crippen LogP contribution in [0.15, 0.2) is 53.7 Å². The van der Waals surface area contributed by atoms with Gasteiger partial charge in [-0.1, -0.05) is 6.07 Å². The number of nitrogens with zero attached hydrogens (tertiary/aromatic N) is 2. The lowest BCUT2D eigenvalue weighted by atomic mass is 10.2. The highest BCUT2D eigenvalue weighted by atomic mass is 32.2. The molecule has 0 bridgehead atoms. The van der Waals surface area contributed by atoms with Crippen molar-refractivity contribution in [3.05, 3.63) is 59.9 Å². The van der Waals surface area contributed by atoms with Crippen molar-refractivity contribution in [2.45, 2.75) is 11.4 Å². The van der Waals surface area contributed by atoms with Crippen LogP contribution in [0.3, 0.4) is 0 Å². The van der Waals surface area contributed by atoms with Crippen LogP contribution < -0.4 is 0 Å². The maximum Gasteiger partial charge on any atom is 0.253 e. The molecule has 3 nitrogen and oxygen atoms in total. The molecule has 0 N–H and O–H groups in total. The summed E-state index contributed by atoms with van der Waals surface area (Å²) in [5.74, 6) is 0.0245. The van der Waals surface area contributed by atoms with Gasteiger partial charge in [-0.25, -0.2) is 0 Å². The quantitative estimate of drug-likeness (QED) is 0.802. The van der Waals surface area contributed by atoms with Gasteiger partial charge in [0, 0.05) is 36.4 Å². The lowest BCUT2D eigenvalue weighted by Crippen LogP contribution is -2.26. The van der Waals surface area contributed by atoms with E-state index in [1.54, 1.807) is 36.1 Å². The number of thioether (sulfide) groups is 1. The predicted molar refractivity (Wildman–Crippen MR) is 78.3 cm³/mol. The Kier molecular flexibility index (Phi) is 4.58. The summed E-state index contributed by atoms with van der Waals surface area (Å²) in [6.45, 7) is 0.566.